The molecular formula is C16H32N2. The maximum absolute atomic E-state index is 3.90. The predicted molar refractivity (Wildman–Crippen MR) is 78.9 cm³/mol. The van der Waals surface area contributed by atoms with Crippen LogP contribution in [0.3, 0.4) is 0 Å². The minimum Gasteiger partial charge on any atom is -0.312 e. The van der Waals surface area contributed by atoms with Crippen molar-refractivity contribution in [2.75, 3.05) is 19.6 Å². The Morgan fingerprint density at radius 1 is 1.11 bits per heavy atom. The van der Waals surface area contributed by atoms with E-state index in [1.807, 2.05) is 0 Å². The van der Waals surface area contributed by atoms with Gasteiger partial charge in [0.05, 0.1) is 0 Å². The molecule has 0 spiro atoms. The maximum Gasteiger partial charge on any atom is 0.0243 e. The first-order valence-corrected chi connectivity index (χ1v) is 8.19. The third-order valence-electron chi connectivity index (χ3n) is 5.15. The van der Waals surface area contributed by atoms with E-state index in [1.165, 1.54) is 58.2 Å². The number of hydrogen-bond donors (Lipinski definition) is 1. The highest BCUT2D eigenvalue weighted by molar-refractivity contribution is 4.86. The summed E-state index contributed by atoms with van der Waals surface area (Å²) in [5.74, 6) is 1.72. The van der Waals surface area contributed by atoms with Gasteiger partial charge in [-0.25, -0.2) is 0 Å². The summed E-state index contributed by atoms with van der Waals surface area (Å²) in [5.41, 5.74) is 0. The van der Waals surface area contributed by atoms with Crippen LogP contribution in [0.25, 0.3) is 0 Å². The van der Waals surface area contributed by atoms with Crippen molar-refractivity contribution in [3.8, 4) is 0 Å². The van der Waals surface area contributed by atoms with Gasteiger partial charge in [0.15, 0.2) is 0 Å². The first kappa shape index (κ1) is 14.3. The lowest BCUT2D eigenvalue weighted by Gasteiger charge is -2.33. The van der Waals surface area contributed by atoms with E-state index in [-0.39, 0.29) is 0 Å². The van der Waals surface area contributed by atoms with E-state index < -0.39 is 0 Å². The summed E-state index contributed by atoms with van der Waals surface area (Å²) >= 11 is 0. The summed E-state index contributed by atoms with van der Waals surface area (Å²) in [6.07, 6.45) is 8.46. The summed E-state index contributed by atoms with van der Waals surface area (Å²) in [5, 5.41) is 3.90. The molecule has 0 aromatic carbocycles. The van der Waals surface area contributed by atoms with Crippen molar-refractivity contribution in [1.29, 1.82) is 0 Å². The number of hydrogen-bond acceptors (Lipinski definition) is 2. The molecule has 2 nitrogen and oxygen atoms in total. The van der Waals surface area contributed by atoms with E-state index in [0.717, 1.165) is 23.9 Å². The summed E-state index contributed by atoms with van der Waals surface area (Å²) < 4.78 is 0. The lowest BCUT2D eigenvalue weighted by molar-refractivity contribution is 0.178. The molecule has 2 aliphatic rings. The lowest BCUT2D eigenvalue weighted by Crippen LogP contribution is -2.47. The van der Waals surface area contributed by atoms with E-state index >= 15 is 0 Å². The Balaban J connectivity index is 1.81. The van der Waals surface area contributed by atoms with Gasteiger partial charge in [-0.2, -0.15) is 0 Å². The van der Waals surface area contributed by atoms with Crippen molar-refractivity contribution in [2.24, 2.45) is 11.8 Å². The second-order valence-corrected chi connectivity index (χ2v) is 6.67. The van der Waals surface area contributed by atoms with Crippen LogP contribution >= 0.6 is 0 Å². The Hall–Kier alpha value is -0.0800. The van der Waals surface area contributed by atoms with Crippen molar-refractivity contribution in [2.45, 2.75) is 71.4 Å². The van der Waals surface area contributed by atoms with Crippen LogP contribution in [-0.4, -0.2) is 36.6 Å². The van der Waals surface area contributed by atoms with E-state index in [0.29, 0.717) is 0 Å². The van der Waals surface area contributed by atoms with Gasteiger partial charge in [0, 0.05) is 18.6 Å². The fourth-order valence-corrected chi connectivity index (χ4v) is 3.93. The molecule has 0 radical (unpaired) electrons. The molecule has 2 heteroatoms. The van der Waals surface area contributed by atoms with Gasteiger partial charge in [-0.05, 0) is 50.6 Å². The van der Waals surface area contributed by atoms with Crippen LogP contribution in [0.15, 0.2) is 0 Å². The van der Waals surface area contributed by atoms with Crippen molar-refractivity contribution in [3.05, 3.63) is 0 Å². The number of rotatable bonds is 6. The molecule has 0 aromatic rings. The molecule has 1 saturated carbocycles. The molecule has 2 fully saturated rings. The molecule has 106 valence electrons. The first-order valence-electron chi connectivity index (χ1n) is 8.19. The maximum atomic E-state index is 3.90. The molecule has 0 amide bonds. The van der Waals surface area contributed by atoms with Crippen LogP contribution < -0.4 is 5.32 Å². The first-order chi connectivity index (χ1) is 8.72. The van der Waals surface area contributed by atoms with E-state index in [2.05, 4.69) is 31.0 Å². The average Bonchev–Trinajstić information content (AvgIpc) is 2.99. The summed E-state index contributed by atoms with van der Waals surface area (Å²) in [7, 11) is 0. The van der Waals surface area contributed by atoms with Crippen LogP contribution in [-0.2, 0) is 0 Å². The smallest absolute Gasteiger partial charge is 0.0243 e. The van der Waals surface area contributed by atoms with Crippen LogP contribution in [0.5, 0.6) is 0 Å². The monoisotopic (exact) mass is 252 g/mol. The van der Waals surface area contributed by atoms with Crippen LogP contribution in [0.2, 0.25) is 0 Å². The minimum atomic E-state index is 0.755. The van der Waals surface area contributed by atoms with Gasteiger partial charge in [0.2, 0.25) is 0 Å². The van der Waals surface area contributed by atoms with Crippen LogP contribution in [0.1, 0.15) is 59.3 Å². The fraction of sp³-hybridized carbons (Fsp3) is 1.00. The number of nitrogens with zero attached hydrogens (tertiary/aromatic N) is 1. The second-order valence-electron chi connectivity index (χ2n) is 6.67. The Morgan fingerprint density at radius 2 is 1.83 bits per heavy atom. The lowest BCUT2D eigenvalue weighted by atomic mass is 9.98. The van der Waals surface area contributed by atoms with Crippen molar-refractivity contribution < 1.29 is 0 Å². The van der Waals surface area contributed by atoms with Gasteiger partial charge in [0.1, 0.15) is 0 Å². The molecule has 18 heavy (non-hydrogen) atoms. The molecule has 1 N–H and O–H groups in total. The van der Waals surface area contributed by atoms with Crippen molar-refractivity contribution >= 4 is 0 Å². The Morgan fingerprint density at radius 3 is 2.44 bits per heavy atom. The van der Waals surface area contributed by atoms with Crippen LogP contribution in [0.4, 0.5) is 0 Å². The van der Waals surface area contributed by atoms with Crippen molar-refractivity contribution in [3.63, 3.8) is 0 Å². The van der Waals surface area contributed by atoms with E-state index in [1.54, 1.807) is 0 Å². The largest absolute Gasteiger partial charge is 0.312 e. The zero-order chi connectivity index (χ0) is 13.0. The molecule has 3 atom stereocenters. The zero-order valence-electron chi connectivity index (χ0n) is 12.6. The molecule has 3 unspecified atom stereocenters. The summed E-state index contributed by atoms with van der Waals surface area (Å²) in [4.78, 5) is 2.72. The zero-order valence-corrected chi connectivity index (χ0v) is 12.6. The molecule has 2 rings (SSSR count). The highest BCUT2D eigenvalue weighted by atomic mass is 15.2. The number of likely N-dealkylation sites (tertiary alicyclic amines) is 1. The SMILES string of the molecule is CCC1CCCC1NCC(C(C)C)N1CCCC1. The fourth-order valence-electron chi connectivity index (χ4n) is 3.93. The topological polar surface area (TPSA) is 15.3 Å². The molecular weight excluding hydrogens is 220 g/mol. The highest BCUT2D eigenvalue weighted by Gasteiger charge is 2.29. The van der Waals surface area contributed by atoms with Crippen LogP contribution in [0, 0.1) is 11.8 Å². The van der Waals surface area contributed by atoms with Gasteiger partial charge in [-0.3, -0.25) is 4.90 Å². The van der Waals surface area contributed by atoms with E-state index in [4.69, 9.17) is 0 Å². The third-order valence-corrected chi connectivity index (χ3v) is 5.15. The van der Waals surface area contributed by atoms with Crippen molar-refractivity contribution in [1.82, 2.24) is 10.2 Å². The molecule has 1 aliphatic heterocycles. The van der Waals surface area contributed by atoms with Gasteiger partial charge >= 0.3 is 0 Å². The quantitative estimate of drug-likeness (QED) is 0.780. The Bertz CT molecular complexity index is 233. The van der Waals surface area contributed by atoms with E-state index in [9.17, 15) is 0 Å². The third kappa shape index (κ3) is 3.48. The van der Waals surface area contributed by atoms with Gasteiger partial charge < -0.3 is 5.32 Å². The predicted octanol–water partition coefficient (Wildman–Crippen LogP) is 3.28. The molecule has 1 aliphatic carbocycles. The Labute approximate surface area is 114 Å². The second kappa shape index (κ2) is 6.91. The average molecular weight is 252 g/mol. The highest BCUT2D eigenvalue weighted by Crippen LogP contribution is 2.28. The molecule has 1 heterocycles. The molecule has 0 aromatic heterocycles. The van der Waals surface area contributed by atoms with Gasteiger partial charge in [0.25, 0.3) is 0 Å². The minimum absolute atomic E-state index is 0.755. The van der Waals surface area contributed by atoms with Gasteiger partial charge in [-0.1, -0.05) is 33.6 Å². The normalized spacial score (nSPS) is 31.3. The number of nitrogens with one attached hydrogen (secondary N) is 1. The van der Waals surface area contributed by atoms with Gasteiger partial charge in [-0.15, -0.1) is 0 Å². The molecule has 0 bridgehead atoms. The summed E-state index contributed by atoms with van der Waals surface area (Å²) in [6, 6.07) is 1.56. The Kier molecular flexibility index (Phi) is 5.50. The standard InChI is InChI=1S/C16H32N2/c1-4-14-8-7-9-15(14)17-12-16(13(2)3)18-10-5-6-11-18/h13-17H,4-12H2,1-3H3. The molecule has 1 saturated heterocycles. The summed E-state index contributed by atoms with van der Waals surface area (Å²) in [6.45, 7) is 11.0.